The van der Waals surface area contributed by atoms with Crippen molar-refractivity contribution in [3.63, 3.8) is 0 Å². The van der Waals surface area contributed by atoms with Crippen LogP contribution in [0.5, 0.6) is 0 Å². The molecule has 0 amide bonds. The molecule has 0 fully saturated rings. The van der Waals surface area contributed by atoms with Crippen molar-refractivity contribution in [3.8, 4) is 0 Å². The molecule has 1 aromatic rings. The maximum atomic E-state index is 11.6. The van der Waals surface area contributed by atoms with Crippen molar-refractivity contribution in [1.29, 1.82) is 0 Å². The molecule has 4 nitrogen and oxygen atoms in total. The van der Waals surface area contributed by atoms with Crippen LogP contribution in [0, 0.1) is 0 Å². The molecule has 0 aliphatic carbocycles. The second-order valence-corrected chi connectivity index (χ2v) is 4.34. The van der Waals surface area contributed by atoms with Gasteiger partial charge in [0.2, 0.25) is 0 Å². The molecule has 84 valence electrons. The Hall–Kier alpha value is -0.840. The highest BCUT2D eigenvalue weighted by Crippen LogP contribution is 2.27. The topological polar surface area (TPSA) is 44.1 Å². The van der Waals surface area contributed by atoms with Crippen LogP contribution in [0.1, 0.15) is 42.9 Å². The van der Waals surface area contributed by atoms with Crippen molar-refractivity contribution in [2.24, 2.45) is 7.05 Å². The average Bonchev–Trinajstić information content (AvgIpc) is 2.42. The van der Waals surface area contributed by atoms with E-state index in [-0.39, 0.29) is 11.9 Å². The molecule has 1 aromatic heterocycles. The normalized spacial score (nSPS) is 10.8. The van der Waals surface area contributed by atoms with Crippen LogP contribution in [0.2, 0.25) is 0 Å². The van der Waals surface area contributed by atoms with Gasteiger partial charge in [-0.15, -0.1) is 0 Å². The van der Waals surface area contributed by atoms with Gasteiger partial charge in [-0.05, 0) is 28.8 Å². The van der Waals surface area contributed by atoms with Crippen LogP contribution >= 0.6 is 15.9 Å². The molecule has 0 saturated carbocycles. The third-order valence-corrected chi connectivity index (χ3v) is 2.81. The molecule has 0 N–H and O–H groups in total. The van der Waals surface area contributed by atoms with Crippen molar-refractivity contribution in [3.05, 3.63) is 15.9 Å². The molecule has 0 aliphatic heterocycles. The lowest BCUT2D eigenvalue weighted by molar-refractivity contribution is 0.0512. The van der Waals surface area contributed by atoms with Gasteiger partial charge in [0.15, 0.2) is 5.69 Å². The van der Waals surface area contributed by atoms with E-state index >= 15 is 0 Å². The Balaban J connectivity index is 3.13. The Morgan fingerprint density at radius 2 is 2.20 bits per heavy atom. The number of aryl methyl sites for hydroxylation is 1. The summed E-state index contributed by atoms with van der Waals surface area (Å²) in [6.45, 7) is 6.21. The Kier molecular flexibility index (Phi) is 3.90. The van der Waals surface area contributed by atoms with Gasteiger partial charge in [-0.25, -0.2) is 4.79 Å². The third kappa shape index (κ3) is 2.40. The van der Waals surface area contributed by atoms with Gasteiger partial charge in [0, 0.05) is 7.05 Å². The highest BCUT2D eigenvalue weighted by molar-refractivity contribution is 9.10. The van der Waals surface area contributed by atoms with E-state index in [1.54, 1.807) is 18.7 Å². The van der Waals surface area contributed by atoms with Gasteiger partial charge >= 0.3 is 5.97 Å². The molecule has 15 heavy (non-hydrogen) atoms. The zero-order valence-corrected chi connectivity index (χ0v) is 11.0. The second-order valence-electron chi connectivity index (χ2n) is 3.55. The summed E-state index contributed by atoms with van der Waals surface area (Å²) in [5.41, 5.74) is 1.35. The Morgan fingerprint density at radius 3 is 2.60 bits per heavy atom. The van der Waals surface area contributed by atoms with Crippen molar-refractivity contribution >= 4 is 21.9 Å². The molecule has 0 atom stereocenters. The smallest absolute Gasteiger partial charge is 0.357 e. The lowest BCUT2D eigenvalue weighted by Gasteiger charge is -2.02. The molecule has 0 aromatic carbocycles. The number of carbonyl (C=O) groups excluding carboxylic acids is 1. The Labute approximate surface area is 97.7 Å². The van der Waals surface area contributed by atoms with E-state index in [1.165, 1.54) is 0 Å². The van der Waals surface area contributed by atoms with Crippen LogP contribution in [-0.2, 0) is 11.8 Å². The fraction of sp³-hybridized carbons (Fsp3) is 0.600. The molecular formula is C10H15BrN2O2. The van der Waals surface area contributed by atoms with Crippen LogP contribution < -0.4 is 0 Å². The molecule has 0 unspecified atom stereocenters. The number of hydrogen-bond donors (Lipinski definition) is 0. The number of rotatable bonds is 3. The molecule has 0 bridgehead atoms. The predicted molar refractivity (Wildman–Crippen MR) is 61.0 cm³/mol. The van der Waals surface area contributed by atoms with Crippen molar-refractivity contribution in [1.82, 2.24) is 9.78 Å². The summed E-state index contributed by atoms with van der Waals surface area (Å²) in [4.78, 5) is 11.6. The molecule has 0 aliphatic rings. The predicted octanol–water partition coefficient (Wildman–Crippen LogP) is 2.48. The van der Waals surface area contributed by atoms with E-state index < -0.39 is 0 Å². The van der Waals surface area contributed by atoms with Crippen molar-refractivity contribution in [2.45, 2.75) is 26.7 Å². The van der Waals surface area contributed by atoms with Crippen molar-refractivity contribution in [2.75, 3.05) is 6.61 Å². The Bertz CT molecular complexity index is 372. The lowest BCUT2D eigenvalue weighted by atomic mass is 10.1. The van der Waals surface area contributed by atoms with Gasteiger partial charge in [0.1, 0.15) is 0 Å². The largest absolute Gasteiger partial charge is 0.461 e. The van der Waals surface area contributed by atoms with Gasteiger partial charge in [-0.1, -0.05) is 13.8 Å². The van der Waals surface area contributed by atoms with Gasteiger partial charge in [-0.2, -0.15) is 5.10 Å². The van der Waals surface area contributed by atoms with Gasteiger partial charge in [0.05, 0.1) is 16.8 Å². The highest BCUT2D eigenvalue weighted by Gasteiger charge is 2.22. The lowest BCUT2D eigenvalue weighted by Crippen LogP contribution is -2.10. The van der Waals surface area contributed by atoms with E-state index in [0.29, 0.717) is 12.3 Å². The fourth-order valence-electron chi connectivity index (χ4n) is 1.31. The van der Waals surface area contributed by atoms with Crippen LogP contribution in [0.15, 0.2) is 4.47 Å². The van der Waals surface area contributed by atoms with Crippen LogP contribution in [0.3, 0.4) is 0 Å². The summed E-state index contributed by atoms with van der Waals surface area (Å²) in [7, 11) is 1.74. The average molecular weight is 275 g/mol. The molecule has 5 heteroatoms. The first-order valence-corrected chi connectivity index (χ1v) is 5.67. The minimum atomic E-state index is -0.341. The monoisotopic (exact) mass is 274 g/mol. The number of nitrogens with zero attached hydrogens (tertiary/aromatic N) is 2. The maximum Gasteiger partial charge on any atom is 0.357 e. The van der Waals surface area contributed by atoms with E-state index in [0.717, 1.165) is 10.2 Å². The summed E-state index contributed by atoms with van der Waals surface area (Å²) in [6.07, 6.45) is 0. The summed E-state index contributed by atoms with van der Waals surface area (Å²) in [6, 6.07) is 0. The first-order valence-electron chi connectivity index (χ1n) is 4.88. The molecular weight excluding hydrogens is 260 g/mol. The van der Waals surface area contributed by atoms with Crippen LogP contribution in [-0.4, -0.2) is 22.4 Å². The minimum absolute atomic E-state index is 0.272. The van der Waals surface area contributed by atoms with E-state index in [9.17, 15) is 4.79 Å². The molecule has 0 radical (unpaired) electrons. The zero-order chi connectivity index (χ0) is 11.6. The fourth-order valence-corrected chi connectivity index (χ4v) is 2.26. The number of aromatic nitrogens is 2. The number of hydrogen-bond acceptors (Lipinski definition) is 3. The minimum Gasteiger partial charge on any atom is -0.461 e. The number of carbonyl (C=O) groups is 1. The van der Waals surface area contributed by atoms with E-state index in [2.05, 4.69) is 21.0 Å². The SMILES string of the molecule is CCOC(=O)c1c(Br)c(C(C)C)nn1C. The Morgan fingerprint density at radius 1 is 1.60 bits per heavy atom. The second kappa shape index (κ2) is 4.79. The number of halogens is 1. The van der Waals surface area contributed by atoms with Crippen LogP contribution in [0.25, 0.3) is 0 Å². The molecule has 1 heterocycles. The summed E-state index contributed by atoms with van der Waals surface area (Å²) in [5, 5.41) is 4.28. The third-order valence-electron chi connectivity index (χ3n) is 2.03. The number of ether oxygens (including phenoxy) is 1. The summed E-state index contributed by atoms with van der Waals surface area (Å²) in [5.74, 6) is -0.0694. The van der Waals surface area contributed by atoms with Gasteiger partial charge in [0.25, 0.3) is 0 Å². The standard InChI is InChI=1S/C10H15BrN2O2/c1-5-15-10(14)9-7(11)8(6(2)3)12-13(9)4/h6H,5H2,1-4H3. The summed E-state index contributed by atoms with van der Waals surface area (Å²) >= 11 is 3.39. The zero-order valence-electron chi connectivity index (χ0n) is 9.37. The summed E-state index contributed by atoms with van der Waals surface area (Å²) < 4.78 is 7.24. The van der Waals surface area contributed by atoms with Crippen molar-refractivity contribution < 1.29 is 9.53 Å². The van der Waals surface area contributed by atoms with E-state index in [4.69, 9.17) is 4.74 Å². The first kappa shape index (κ1) is 12.2. The van der Waals surface area contributed by atoms with Crippen LogP contribution in [0.4, 0.5) is 0 Å². The highest BCUT2D eigenvalue weighted by atomic mass is 79.9. The number of esters is 1. The first-order chi connectivity index (χ1) is 6.99. The van der Waals surface area contributed by atoms with E-state index in [1.807, 2.05) is 13.8 Å². The van der Waals surface area contributed by atoms with Gasteiger partial charge < -0.3 is 4.74 Å². The molecule has 0 spiro atoms. The van der Waals surface area contributed by atoms with Gasteiger partial charge in [-0.3, -0.25) is 4.68 Å². The quantitative estimate of drug-likeness (QED) is 0.796. The molecule has 0 saturated heterocycles. The maximum absolute atomic E-state index is 11.6. The molecule has 1 rings (SSSR count).